The Morgan fingerprint density at radius 1 is 1.39 bits per heavy atom. The van der Waals surface area contributed by atoms with E-state index in [1.165, 1.54) is 12.8 Å². The van der Waals surface area contributed by atoms with Gasteiger partial charge in [-0.1, -0.05) is 13.8 Å². The summed E-state index contributed by atoms with van der Waals surface area (Å²) in [7, 11) is 1.86. The summed E-state index contributed by atoms with van der Waals surface area (Å²) in [6.07, 6.45) is 5.50. The van der Waals surface area contributed by atoms with E-state index in [9.17, 15) is 4.79 Å². The largest absolute Gasteiger partial charge is 0.368 e. The molecule has 2 aliphatic carbocycles. The number of hydrogen-bond donors (Lipinski definition) is 2. The summed E-state index contributed by atoms with van der Waals surface area (Å²) < 4.78 is 0. The third-order valence-electron chi connectivity index (χ3n) is 4.50. The molecule has 2 atom stereocenters. The monoisotopic (exact) mass is 253 g/mol. The highest BCUT2D eigenvalue weighted by Gasteiger charge is 2.47. The summed E-state index contributed by atoms with van der Waals surface area (Å²) in [5.74, 6) is 0.497. The minimum Gasteiger partial charge on any atom is -0.368 e. The van der Waals surface area contributed by atoms with Crippen LogP contribution in [0.3, 0.4) is 0 Å². The lowest BCUT2D eigenvalue weighted by atomic mass is 9.96. The molecule has 0 radical (unpaired) electrons. The first-order valence-corrected chi connectivity index (χ1v) is 7.23. The van der Waals surface area contributed by atoms with E-state index in [1.54, 1.807) is 0 Å². The van der Waals surface area contributed by atoms with Crippen LogP contribution in [0.2, 0.25) is 0 Å². The molecule has 2 rings (SSSR count). The minimum absolute atomic E-state index is 0.187. The van der Waals surface area contributed by atoms with E-state index in [0.29, 0.717) is 12.0 Å². The van der Waals surface area contributed by atoms with Gasteiger partial charge in [0.15, 0.2) is 0 Å². The van der Waals surface area contributed by atoms with Gasteiger partial charge in [-0.05, 0) is 45.1 Å². The standard InChI is InChI=1S/C14H27N3O/c1-10(2)9-17(11-4-5-11)12-6-7-14(8-12,16-3)13(15)18/h10-12,16H,4-9H2,1-3H3,(H2,15,18). The molecule has 0 aromatic heterocycles. The van der Waals surface area contributed by atoms with Gasteiger partial charge in [-0.2, -0.15) is 0 Å². The summed E-state index contributed by atoms with van der Waals surface area (Å²) >= 11 is 0. The van der Waals surface area contributed by atoms with Gasteiger partial charge in [-0.3, -0.25) is 9.69 Å². The first kappa shape index (κ1) is 13.8. The van der Waals surface area contributed by atoms with Crippen LogP contribution in [0.5, 0.6) is 0 Å². The van der Waals surface area contributed by atoms with E-state index in [1.807, 2.05) is 7.05 Å². The van der Waals surface area contributed by atoms with Gasteiger partial charge in [0.05, 0.1) is 5.54 Å². The fourth-order valence-electron chi connectivity index (χ4n) is 3.30. The van der Waals surface area contributed by atoms with Crippen molar-refractivity contribution in [2.24, 2.45) is 11.7 Å². The lowest BCUT2D eigenvalue weighted by Gasteiger charge is -2.32. The highest BCUT2D eigenvalue weighted by molar-refractivity contribution is 5.85. The second-order valence-corrected chi connectivity index (χ2v) is 6.41. The highest BCUT2D eigenvalue weighted by Crippen LogP contribution is 2.38. The molecule has 104 valence electrons. The Morgan fingerprint density at radius 2 is 2.06 bits per heavy atom. The van der Waals surface area contributed by atoms with Crippen LogP contribution < -0.4 is 11.1 Å². The van der Waals surface area contributed by atoms with Crippen molar-refractivity contribution in [3.8, 4) is 0 Å². The van der Waals surface area contributed by atoms with Crippen LogP contribution in [0.4, 0.5) is 0 Å². The van der Waals surface area contributed by atoms with E-state index in [-0.39, 0.29) is 5.91 Å². The predicted molar refractivity (Wildman–Crippen MR) is 73.2 cm³/mol. The Bertz CT molecular complexity index is 314. The molecule has 4 heteroatoms. The number of hydrogen-bond acceptors (Lipinski definition) is 3. The second kappa shape index (κ2) is 5.17. The van der Waals surface area contributed by atoms with E-state index < -0.39 is 5.54 Å². The summed E-state index contributed by atoms with van der Waals surface area (Å²) in [5, 5.41) is 3.17. The number of nitrogens with one attached hydrogen (secondary N) is 1. The minimum atomic E-state index is -0.464. The molecule has 1 amide bonds. The predicted octanol–water partition coefficient (Wildman–Crippen LogP) is 1.10. The molecule has 2 fully saturated rings. The Morgan fingerprint density at radius 3 is 2.44 bits per heavy atom. The van der Waals surface area contributed by atoms with Crippen molar-refractivity contribution in [1.82, 2.24) is 10.2 Å². The third kappa shape index (κ3) is 2.69. The van der Waals surface area contributed by atoms with E-state index in [4.69, 9.17) is 5.73 Å². The Hall–Kier alpha value is -0.610. The molecule has 0 aliphatic heterocycles. The van der Waals surface area contributed by atoms with Crippen LogP contribution in [-0.2, 0) is 4.79 Å². The SMILES string of the molecule is CNC1(C(N)=O)CCC(N(CC(C)C)C2CC2)C1. The molecule has 0 saturated heterocycles. The van der Waals surface area contributed by atoms with E-state index in [0.717, 1.165) is 31.8 Å². The fourth-order valence-corrected chi connectivity index (χ4v) is 3.30. The quantitative estimate of drug-likeness (QED) is 0.745. The number of nitrogens with two attached hydrogens (primary N) is 1. The zero-order valence-electron chi connectivity index (χ0n) is 11.9. The highest BCUT2D eigenvalue weighted by atomic mass is 16.1. The van der Waals surface area contributed by atoms with Gasteiger partial charge >= 0.3 is 0 Å². The van der Waals surface area contributed by atoms with Gasteiger partial charge in [0, 0.05) is 18.6 Å². The molecule has 0 spiro atoms. The summed E-state index contributed by atoms with van der Waals surface area (Å²) in [5.41, 5.74) is 5.12. The smallest absolute Gasteiger partial charge is 0.237 e. The lowest BCUT2D eigenvalue weighted by Crippen LogP contribution is -2.53. The molecule has 0 bridgehead atoms. The number of carbonyl (C=O) groups excluding carboxylic acids is 1. The number of nitrogens with zero attached hydrogens (tertiary/aromatic N) is 1. The van der Waals surface area contributed by atoms with Crippen molar-refractivity contribution in [1.29, 1.82) is 0 Å². The third-order valence-corrected chi connectivity index (χ3v) is 4.50. The van der Waals surface area contributed by atoms with Crippen molar-refractivity contribution in [3.63, 3.8) is 0 Å². The Kier molecular flexibility index (Phi) is 3.97. The molecule has 3 N–H and O–H groups in total. The van der Waals surface area contributed by atoms with Gasteiger partial charge in [0.2, 0.25) is 5.91 Å². The van der Waals surface area contributed by atoms with E-state index in [2.05, 4.69) is 24.1 Å². The molecule has 0 aromatic carbocycles. The number of likely N-dealkylation sites (N-methyl/N-ethyl adjacent to an activating group) is 1. The number of rotatable bonds is 6. The van der Waals surface area contributed by atoms with E-state index >= 15 is 0 Å². The van der Waals surface area contributed by atoms with Crippen LogP contribution in [0, 0.1) is 5.92 Å². The van der Waals surface area contributed by atoms with Gasteiger partial charge < -0.3 is 11.1 Å². The Labute approximate surface area is 110 Å². The molecule has 2 aliphatic rings. The molecule has 18 heavy (non-hydrogen) atoms. The maximum Gasteiger partial charge on any atom is 0.237 e. The molecular weight excluding hydrogens is 226 g/mol. The molecular formula is C14H27N3O. The molecule has 0 heterocycles. The lowest BCUT2D eigenvalue weighted by molar-refractivity contribution is -0.124. The number of carbonyl (C=O) groups is 1. The van der Waals surface area contributed by atoms with Gasteiger partial charge in [0.1, 0.15) is 0 Å². The second-order valence-electron chi connectivity index (χ2n) is 6.41. The van der Waals surface area contributed by atoms with Crippen molar-refractivity contribution >= 4 is 5.91 Å². The normalized spacial score (nSPS) is 32.4. The van der Waals surface area contributed by atoms with Crippen LogP contribution in [0.1, 0.15) is 46.0 Å². The van der Waals surface area contributed by atoms with Crippen molar-refractivity contribution in [2.45, 2.75) is 63.6 Å². The zero-order valence-corrected chi connectivity index (χ0v) is 11.9. The zero-order chi connectivity index (χ0) is 13.3. The Balaban J connectivity index is 2.03. The molecule has 2 unspecified atom stereocenters. The number of amides is 1. The van der Waals surface area contributed by atoms with Crippen molar-refractivity contribution < 1.29 is 4.79 Å². The van der Waals surface area contributed by atoms with Crippen molar-refractivity contribution in [3.05, 3.63) is 0 Å². The van der Waals surface area contributed by atoms with Crippen molar-refractivity contribution in [2.75, 3.05) is 13.6 Å². The summed E-state index contributed by atoms with van der Waals surface area (Å²) in [4.78, 5) is 14.3. The average Bonchev–Trinajstić information content (AvgIpc) is 3.04. The summed E-state index contributed by atoms with van der Waals surface area (Å²) in [6.45, 7) is 5.68. The van der Waals surface area contributed by atoms with Gasteiger partial charge in [0.25, 0.3) is 0 Å². The fraction of sp³-hybridized carbons (Fsp3) is 0.929. The molecule has 4 nitrogen and oxygen atoms in total. The first-order chi connectivity index (χ1) is 8.48. The first-order valence-electron chi connectivity index (χ1n) is 7.23. The maximum atomic E-state index is 11.7. The molecule has 2 saturated carbocycles. The van der Waals surface area contributed by atoms with Crippen LogP contribution in [-0.4, -0.2) is 42.0 Å². The maximum absolute atomic E-state index is 11.7. The van der Waals surface area contributed by atoms with Crippen LogP contribution >= 0.6 is 0 Å². The topological polar surface area (TPSA) is 58.4 Å². The van der Waals surface area contributed by atoms with Crippen LogP contribution in [0.25, 0.3) is 0 Å². The molecule has 0 aromatic rings. The van der Waals surface area contributed by atoms with Gasteiger partial charge in [-0.25, -0.2) is 0 Å². The number of primary amides is 1. The van der Waals surface area contributed by atoms with Gasteiger partial charge in [-0.15, -0.1) is 0 Å². The average molecular weight is 253 g/mol. The van der Waals surface area contributed by atoms with Crippen LogP contribution in [0.15, 0.2) is 0 Å². The summed E-state index contributed by atoms with van der Waals surface area (Å²) in [6, 6.07) is 1.29.